The van der Waals surface area contributed by atoms with Crippen LogP contribution >= 0.6 is 0 Å². The van der Waals surface area contributed by atoms with E-state index in [2.05, 4.69) is 21.7 Å². The molecule has 1 amide bonds. The van der Waals surface area contributed by atoms with Crippen molar-refractivity contribution in [3.8, 4) is 5.69 Å². The molecule has 0 aliphatic carbocycles. The molecule has 1 heterocycles. The Hall–Kier alpha value is -2.63. The standard InChI is InChI=1S/C16H20N4O2/c1-9-6-10(2)8-14(7-9)20-16(22)15(12(4)19-20)11(3)17-18-13(5)21/h6-8,19H,1-5H3,(H,18,21). The zero-order valence-corrected chi connectivity index (χ0v) is 13.4. The summed E-state index contributed by atoms with van der Waals surface area (Å²) in [6.07, 6.45) is 0. The van der Waals surface area contributed by atoms with Gasteiger partial charge in [0.05, 0.1) is 17.0 Å². The molecule has 1 aromatic heterocycles. The number of nitrogens with zero attached hydrogens (tertiary/aromatic N) is 2. The molecule has 0 spiro atoms. The van der Waals surface area contributed by atoms with Gasteiger partial charge < -0.3 is 0 Å². The maximum Gasteiger partial charge on any atom is 0.280 e. The Balaban J connectivity index is 2.54. The molecule has 1 aromatic carbocycles. The van der Waals surface area contributed by atoms with Crippen LogP contribution in [-0.4, -0.2) is 21.4 Å². The van der Waals surface area contributed by atoms with Crippen LogP contribution in [0.1, 0.15) is 36.2 Å². The van der Waals surface area contributed by atoms with Gasteiger partial charge in [-0.2, -0.15) is 5.10 Å². The van der Waals surface area contributed by atoms with Gasteiger partial charge in [-0.25, -0.2) is 10.1 Å². The molecule has 0 unspecified atom stereocenters. The van der Waals surface area contributed by atoms with Gasteiger partial charge in [0.1, 0.15) is 0 Å². The molecule has 0 bridgehead atoms. The molecule has 0 fully saturated rings. The molecule has 0 radical (unpaired) electrons. The number of nitrogens with one attached hydrogen (secondary N) is 2. The molecule has 0 atom stereocenters. The monoisotopic (exact) mass is 300 g/mol. The summed E-state index contributed by atoms with van der Waals surface area (Å²) in [5.74, 6) is -0.276. The largest absolute Gasteiger partial charge is 0.295 e. The number of carbonyl (C=O) groups excluding carboxylic acids is 1. The summed E-state index contributed by atoms with van der Waals surface area (Å²) in [6.45, 7) is 8.85. The fourth-order valence-electron chi connectivity index (χ4n) is 2.45. The second kappa shape index (κ2) is 6.01. The van der Waals surface area contributed by atoms with Crippen molar-refractivity contribution in [2.75, 3.05) is 0 Å². The normalized spacial score (nSPS) is 11.6. The molecule has 116 valence electrons. The maximum absolute atomic E-state index is 12.6. The molecular formula is C16H20N4O2. The highest BCUT2D eigenvalue weighted by molar-refractivity contribution is 5.99. The lowest BCUT2D eigenvalue weighted by Crippen LogP contribution is -2.22. The van der Waals surface area contributed by atoms with Crippen molar-refractivity contribution in [2.24, 2.45) is 5.10 Å². The SMILES string of the molecule is CC(=O)NN=C(C)c1c(C)[nH]n(-c2cc(C)cc(C)c2)c1=O. The molecule has 0 aliphatic rings. The van der Waals surface area contributed by atoms with Gasteiger partial charge in [0, 0.05) is 12.6 Å². The minimum Gasteiger partial charge on any atom is -0.295 e. The highest BCUT2D eigenvalue weighted by Crippen LogP contribution is 2.13. The van der Waals surface area contributed by atoms with Crippen molar-refractivity contribution in [1.29, 1.82) is 0 Å². The summed E-state index contributed by atoms with van der Waals surface area (Å²) in [4.78, 5) is 23.6. The van der Waals surface area contributed by atoms with E-state index in [0.717, 1.165) is 16.8 Å². The van der Waals surface area contributed by atoms with Gasteiger partial charge in [0.25, 0.3) is 5.56 Å². The predicted molar refractivity (Wildman–Crippen MR) is 86.6 cm³/mol. The second-order valence-corrected chi connectivity index (χ2v) is 5.46. The van der Waals surface area contributed by atoms with Gasteiger partial charge >= 0.3 is 0 Å². The minimum atomic E-state index is -0.276. The molecule has 2 rings (SSSR count). The third kappa shape index (κ3) is 3.16. The molecule has 0 saturated carbocycles. The average molecular weight is 300 g/mol. The molecule has 0 aliphatic heterocycles. The van der Waals surface area contributed by atoms with Gasteiger partial charge in [-0.05, 0) is 51.0 Å². The second-order valence-electron chi connectivity index (χ2n) is 5.46. The third-order valence-electron chi connectivity index (χ3n) is 3.28. The van der Waals surface area contributed by atoms with Crippen LogP contribution in [0, 0.1) is 20.8 Å². The fourth-order valence-corrected chi connectivity index (χ4v) is 2.45. The Bertz CT molecular complexity index is 792. The number of rotatable bonds is 3. The number of hydrogen-bond donors (Lipinski definition) is 2. The quantitative estimate of drug-likeness (QED) is 0.671. The van der Waals surface area contributed by atoms with Gasteiger partial charge in [-0.1, -0.05) is 6.07 Å². The highest BCUT2D eigenvalue weighted by atomic mass is 16.2. The lowest BCUT2D eigenvalue weighted by atomic mass is 10.1. The van der Waals surface area contributed by atoms with Crippen LogP contribution in [0.5, 0.6) is 0 Å². The third-order valence-corrected chi connectivity index (χ3v) is 3.28. The lowest BCUT2D eigenvalue weighted by molar-refractivity contribution is -0.118. The van der Waals surface area contributed by atoms with Crippen LogP contribution in [0.15, 0.2) is 28.1 Å². The van der Waals surface area contributed by atoms with Crippen LogP contribution in [0.2, 0.25) is 0 Å². The Morgan fingerprint density at radius 1 is 1.14 bits per heavy atom. The Kier molecular flexibility index (Phi) is 4.30. The minimum absolute atomic E-state index is 0.186. The summed E-state index contributed by atoms with van der Waals surface area (Å²) >= 11 is 0. The average Bonchev–Trinajstić information content (AvgIpc) is 2.70. The molecular weight excluding hydrogens is 280 g/mol. The first-order valence-electron chi connectivity index (χ1n) is 7.01. The summed E-state index contributed by atoms with van der Waals surface area (Å²) < 4.78 is 1.50. The number of hydrogen-bond acceptors (Lipinski definition) is 3. The molecule has 2 aromatic rings. The van der Waals surface area contributed by atoms with Gasteiger partial charge in [0.2, 0.25) is 5.91 Å². The van der Waals surface area contributed by atoms with Crippen LogP contribution in [0.4, 0.5) is 0 Å². The van der Waals surface area contributed by atoms with Crippen molar-refractivity contribution in [3.05, 3.63) is 50.9 Å². The molecule has 0 saturated heterocycles. The molecule has 2 N–H and O–H groups in total. The summed E-state index contributed by atoms with van der Waals surface area (Å²) in [7, 11) is 0. The number of carbonyl (C=O) groups is 1. The van der Waals surface area contributed by atoms with Crippen LogP contribution < -0.4 is 11.0 Å². The van der Waals surface area contributed by atoms with Crippen molar-refractivity contribution in [3.63, 3.8) is 0 Å². The fraction of sp³-hybridized carbons (Fsp3) is 0.312. The topological polar surface area (TPSA) is 79.2 Å². The number of amides is 1. The number of benzene rings is 1. The van der Waals surface area contributed by atoms with Crippen molar-refractivity contribution >= 4 is 11.6 Å². The highest BCUT2D eigenvalue weighted by Gasteiger charge is 2.15. The number of aromatic amines is 1. The zero-order chi connectivity index (χ0) is 16.4. The molecule has 6 nitrogen and oxygen atoms in total. The van der Waals surface area contributed by atoms with Crippen LogP contribution in [-0.2, 0) is 4.79 Å². The Labute approximate surface area is 128 Å². The number of aromatic nitrogens is 2. The Morgan fingerprint density at radius 3 is 2.27 bits per heavy atom. The first kappa shape index (κ1) is 15.8. The summed E-state index contributed by atoms with van der Waals surface area (Å²) in [6, 6.07) is 5.93. The van der Waals surface area contributed by atoms with Crippen molar-refractivity contribution in [2.45, 2.75) is 34.6 Å². The summed E-state index contributed by atoms with van der Waals surface area (Å²) in [5, 5.41) is 7.00. The van der Waals surface area contributed by atoms with Crippen molar-refractivity contribution < 1.29 is 4.79 Å². The number of hydrazone groups is 1. The van der Waals surface area contributed by atoms with Crippen LogP contribution in [0.25, 0.3) is 5.69 Å². The van der Waals surface area contributed by atoms with E-state index in [-0.39, 0.29) is 11.5 Å². The van der Waals surface area contributed by atoms with Crippen LogP contribution in [0.3, 0.4) is 0 Å². The van der Waals surface area contributed by atoms with E-state index in [0.29, 0.717) is 17.0 Å². The number of H-pyrrole nitrogens is 1. The maximum atomic E-state index is 12.6. The van der Waals surface area contributed by atoms with Gasteiger partial charge in [-0.3, -0.25) is 14.7 Å². The first-order valence-corrected chi connectivity index (χ1v) is 7.01. The lowest BCUT2D eigenvalue weighted by Gasteiger charge is -2.05. The van der Waals surface area contributed by atoms with E-state index in [4.69, 9.17) is 0 Å². The zero-order valence-electron chi connectivity index (χ0n) is 13.4. The van der Waals surface area contributed by atoms with Gasteiger partial charge in [-0.15, -0.1) is 0 Å². The van der Waals surface area contributed by atoms with Crippen molar-refractivity contribution in [1.82, 2.24) is 15.2 Å². The summed E-state index contributed by atoms with van der Waals surface area (Å²) in [5.41, 5.74) is 6.75. The van der Waals surface area contributed by atoms with E-state index in [1.165, 1.54) is 11.6 Å². The van der Waals surface area contributed by atoms with E-state index in [1.54, 1.807) is 6.92 Å². The molecule has 22 heavy (non-hydrogen) atoms. The first-order chi connectivity index (χ1) is 10.3. The molecule has 6 heteroatoms. The predicted octanol–water partition coefficient (Wildman–Crippen LogP) is 1.95. The smallest absolute Gasteiger partial charge is 0.280 e. The van der Waals surface area contributed by atoms with E-state index < -0.39 is 0 Å². The van der Waals surface area contributed by atoms with E-state index in [1.807, 2.05) is 32.9 Å². The Morgan fingerprint density at radius 2 is 1.73 bits per heavy atom. The van der Waals surface area contributed by atoms with Gasteiger partial charge in [0.15, 0.2) is 0 Å². The van der Waals surface area contributed by atoms with E-state index >= 15 is 0 Å². The number of aryl methyl sites for hydroxylation is 3. The van der Waals surface area contributed by atoms with E-state index in [9.17, 15) is 9.59 Å².